The van der Waals surface area contributed by atoms with E-state index >= 15 is 0 Å². The Bertz CT molecular complexity index is 487. The van der Waals surface area contributed by atoms with Gasteiger partial charge in [-0.2, -0.15) is 0 Å². The molecule has 0 atom stereocenters. The third kappa shape index (κ3) is 4.36. The topological polar surface area (TPSA) is 12.4 Å². The predicted molar refractivity (Wildman–Crippen MR) is 86.2 cm³/mol. The molecule has 2 aromatic carbocycles. The molecule has 0 aliphatic carbocycles. The number of rotatable bonds is 3. The molecule has 2 rings (SSSR count). The molecule has 0 heterocycles. The van der Waals surface area contributed by atoms with Crippen LogP contribution in [0.25, 0.3) is 0 Å². The zero-order valence-electron chi connectivity index (χ0n) is 11.7. The predicted octanol–water partition coefficient (Wildman–Crippen LogP) is 2.70. The molecule has 2 heteroatoms. The molecule has 0 bridgehead atoms. The van der Waals surface area contributed by atoms with Crippen molar-refractivity contribution in [2.45, 2.75) is 26.3 Å². The average Bonchev–Trinajstić information content (AvgIpc) is 2.40. The average molecular weight is 313 g/mol. The van der Waals surface area contributed by atoms with Gasteiger partial charge in [0, 0.05) is 0 Å². The standard InChI is InChI=1S/C17H20AsN/c1-17(2,3)19-14-18(15-10-6-4-7-11-15)16-12-8-5-9-13-16/h4-14H,1-3H3. The van der Waals surface area contributed by atoms with Crippen LogP contribution >= 0.6 is 0 Å². The fourth-order valence-electron chi connectivity index (χ4n) is 1.69. The first-order valence-corrected chi connectivity index (χ1v) is 9.47. The van der Waals surface area contributed by atoms with Crippen LogP contribution in [-0.4, -0.2) is 25.2 Å². The fraction of sp³-hybridized carbons (Fsp3) is 0.235. The van der Waals surface area contributed by atoms with Crippen LogP contribution < -0.4 is 8.70 Å². The van der Waals surface area contributed by atoms with Crippen molar-refractivity contribution >= 4 is 28.4 Å². The molecule has 2 aromatic rings. The molecule has 98 valence electrons. The van der Waals surface area contributed by atoms with E-state index in [0.717, 1.165) is 0 Å². The van der Waals surface area contributed by atoms with Crippen molar-refractivity contribution in [2.24, 2.45) is 4.99 Å². The first-order valence-electron chi connectivity index (χ1n) is 6.51. The van der Waals surface area contributed by atoms with Crippen LogP contribution in [0.1, 0.15) is 20.8 Å². The van der Waals surface area contributed by atoms with E-state index in [1.165, 1.54) is 8.70 Å². The Hall–Kier alpha value is -1.33. The molecule has 19 heavy (non-hydrogen) atoms. The first-order chi connectivity index (χ1) is 9.06. The Balaban J connectivity index is 2.38. The molecule has 0 fully saturated rings. The van der Waals surface area contributed by atoms with E-state index in [0.29, 0.717) is 0 Å². The van der Waals surface area contributed by atoms with Gasteiger partial charge in [0.25, 0.3) is 0 Å². The summed E-state index contributed by atoms with van der Waals surface area (Å²) >= 11 is -1.42. The number of benzene rings is 2. The van der Waals surface area contributed by atoms with E-state index in [1.807, 2.05) is 0 Å². The summed E-state index contributed by atoms with van der Waals surface area (Å²) in [5, 5.41) is 2.22. The van der Waals surface area contributed by atoms with Gasteiger partial charge in [-0.25, -0.2) is 0 Å². The molecular weight excluding hydrogens is 293 g/mol. The van der Waals surface area contributed by atoms with Crippen LogP contribution in [0.3, 0.4) is 0 Å². The molecule has 0 aliphatic rings. The van der Waals surface area contributed by atoms with E-state index in [1.54, 1.807) is 0 Å². The van der Waals surface area contributed by atoms with Crippen molar-refractivity contribution in [3.05, 3.63) is 60.7 Å². The molecule has 0 radical (unpaired) electrons. The summed E-state index contributed by atoms with van der Waals surface area (Å²) in [7, 11) is 0. The van der Waals surface area contributed by atoms with Gasteiger partial charge in [0.1, 0.15) is 0 Å². The Kier molecular flexibility index (Phi) is 4.60. The Morgan fingerprint density at radius 2 is 1.21 bits per heavy atom. The van der Waals surface area contributed by atoms with E-state index in [4.69, 9.17) is 4.99 Å². The monoisotopic (exact) mass is 313 g/mol. The minimum atomic E-state index is -1.42. The molecule has 0 saturated carbocycles. The number of hydrogen-bond acceptors (Lipinski definition) is 1. The van der Waals surface area contributed by atoms with Crippen molar-refractivity contribution in [1.82, 2.24) is 0 Å². The van der Waals surface area contributed by atoms with Crippen molar-refractivity contribution < 1.29 is 0 Å². The second kappa shape index (κ2) is 6.21. The van der Waals surface area contributed by atoms with Crippen molar-refractivity contribution in [1.29, 1.82) is 0 Å². The van der Waals surface area contributed by atoms with Gasteiger partial charge < -0.3 is 0 Å². The van der Waals surface area contributed by atoms with Crippen LogP contribution in [0.4, 0.5) is 0 Å². The van der Waals surface area contributed by atoms with E-state index in [-0.39, 0.29) is 5.54 Å². The third-order valence-corrected chi connectivity index (χ3v) is 6.94. The van der Waals surface area contributed by atoms with E-state index in [9.17, 15) is 0 Å². The molecular formula is C17H20AsN. The van der Waals surface area contributed by atoms with Crippen LogP contribution in [0, 0.1) is 0 Å². The van der Waals surface area contributed by atoms with Gasteiger partial charge in [-0.05, 0) is 0 Å². The molecule has 0 aromatic heterocycles. The molecule has 0 saturated heterocycles. The van der Waals surface area contributed by atoms with Gasteiger partial charge in [-0.3, -0.25) is 0 Å². The zero-order chi connectivity index (χ0) is 13.7. The Morgan fingerprint density at radius 1 is 0.789 bits per heavy atom. The SMILES string of the molecule is CC(C)(C)N=C[As](c1ccccc1)c1ccccc1. The van der Waals surface area contributed by atoms with E-state index in [2.05, 4.69) is 86.4 Å². The molecule has 0 aliphatic heterocycles. The Morgan fingerprint density at radius 3 is 1.58 bits per heavy atom. The van der Waals surface area contributed by atoms with Crippen molar-refractivity contribution in [3.63, 3.8) is 0 Å². The number of aliphatic imine (C=N–C) groups is 1. The summed E-state index contributed by atoms with van der Waals surface area (Å²) in [6, 6.07) is 21.5. The van der Waals surface area contributed by atoms with Gasteiger partial charge in [0.2, 0.25) is 0 Å². The van der Waals surface area contributed by atoms with Gasteiger partial charge in [-0.1, -0.05) is 0 Å². The minimum absolute atomic E-state index is 0.00341. The maximum absolute atomic E-state index is 4.75. The summed E-state index contributed by atoms with van der Waals surface area (Å²) < 4.78 is 2.85. The van der Waals surface area contributed by atoms with Gasteiger partial charge in [0.15, 0.2) is 0 Å². The summed E-state index contributed by atoms with van der Waals surface area (Å²) in [5.41, 5.74) is -0.00341. The normalized spacial score (nSPS) is 12.2. The maximum atomic E-state index is 4.75. The molecule has 0 unspecified atom stereocenters. The zero-order valence-corrected chi connectivity index (χ0v) is 13.6. The van der Waals surface area contributed by atoms with Gasteiger partial charge in [0.05, 0.1) is 0 Å². The van der Waals surface area contributed by atoms with Crippen LogP contribution in [-0.2, 0) is 0 Å². The quantitative estimate of drug-likeness (QED) is 0.610. The van der Waals surface area contributed by atoms with Gasteiger partial charge >= 0.3 is 120 Å². The third-order valence-electron chi connectivity index (χ3n) is 2.63. The molecule has 1 nitrogen and oxygen atoms in total. The van der Waals surface area contributed by atoms with Crippen molar-refractivity contribution in [2.75, 3.05) is 0 Å². The summed E-state index contributed by atoms with van der Waals surface area (Å²) in [4.78, 5) is 4.75. The van der Waals surface area contributed by atoms with Crippen molar-refractivity contribution in [3.8, 4) is 0 Å². The first kappa shape index (κ1) is 14.1. The van der Waals surface area contributed by atoms with Crippen LogP contribution in [0.15, 0.2) is 65.7 Å². The summed E-state index contributed by atoms with van der Waals surface area (Å²) in [6.07, 6.45) is 0. The van der Waals surface area contributed by atoms with Crippen LogP contribution in [0.5, 0.6) is 0 Å². The summed E-state index contributed by atoms with van der Waals surface area (Å²) in [5.74, 6) is 0. The van der Waals surface area contributed by atoms with Crippen LogP contribution in [0.2, 0.25) is 0 Å². The second-order valence-corrected chi connectivity index (χ2v) is 9.66. The van der Waals surface area contributed by atoms with E-state index < -0.39 is 14.7 Å². The molecule has 0 amide bonds. The molecule has 0 N–H and O–H groups in total. The fourth-order valence-corrected chi connectivity index (χ4v) is 5.91. The number of hydrogen-bond donors (Lipinski definition) is 0. The Labute approximate surface area is 120 Å². The summed E-state index contributed by atoms with van der Waals surface area (Å²) in [6.45, 7) is 6.43. The molecule has 0 spiro atoms. The van der Waals surface area contributed by atoms with Gasteiger partial charge in [-0.15, -0.1) is 0 Å². The number of nitrogens with zero attached hydrogens (tertiary/aromatic N) is 1. The second-order valence-electron chi connectivity index (χ2n) is 5.46.